The van der Waals surface area contributed by atoms with E-state index < -0.39 is 43.3 Å². The van der Waals surface area contributed by atoms with Crippen molar-refractivity contribution in [2.75, 3.05) is 0 Å². The fourth-order valence-electron chi connectivity index (χ4n) is 3.72. The number of aryl methyl sites for hydroxylation is 3. The molecule has 208 valence electrons. The topological polar surface area (TPSA) is 133 Å². The van der Waals surface area contributed by atoms with E-state index in [1.54, 1.807) is 50.2 Å². The molecule has 0 unspecified atom stereocenters. The smallest absolute Gasteiger partial charge is 0.343 e. The number of hydrogen-bond donors (Lipinski definition) is 1. The molecular weight excluding hydrogens is 556 g/mol. The molecule has 4 aromatic rings. The Morgan fingerprint density at radius 3 is 1.73 bits per heavy atom. The van der Waals surface area contributed by atoms with Crippen molar-refractivity contribution in [3.05, 3.63) is 113 Å². The lowest BCUT2D eigenvalue weighted by atomic mass is 10.1. The number of carboxylic acids is 1. The van der Waals surface area contributed by atoms with Crippen molar-refractivity contribution >= 4 is 26.2 Å². The zero-order valence-electron chi connectivity index (χ0n) is 21.8. The highest BCUT2D eigenvalue weighted by molar-refractivity contribution is 7.87. The number of hydrogen-bond acceptors (Lipinski definition) is 8. The molecule has 4 rings (SSSR count). The first kappa shape index (κ1) is 28.7. The van der Waals surface area contributed by atoms with Crippen molar-refractivity contribution in [3.8, 4) is 17.2 Å². The molecule has 0 saturated carbocycles. The van der Waals surface area contributed by atoms with Gasteiger partial charge in [-0.05, 0) is 50.6 Å². The summed E-state index contributed by atoms with van der Waals surface area (Å²) in [6.45, 7) is 5.34. The van der Waals surface area contributed by atoms with Gasteiger partial charge < -0.3 is 18.2 Å². The number of benzene rings is 4. The van der Waals surface area contributed by atoms with Gasteiger partial charge in [0.15, 0.2) is 5.75 Å². The minimum atomic E-state index is -4.52. The van der Waals surface area contributed by atoms with Crippen molar-refractivity contribution in [1.29, 1.82) is 0 Å². The van der Waals surface area contributed by atoms with Gasteiger partial charge in [0.1, 0.15) is 33.5 Å². The maximum absolute atomic E-state index is 13.1. The molecular formula is C29H26O9S2. The van der Waals surface area contributed by atoms with Gasteiger partial charge in [0, 0.05) is 12.1 Å². The van der Waals surface area contributed by atoms with Gasteiger partial charge in [-0.15, -0.1) is 0 Å². The SMILES string of the molecule is Cc1ccc(S(=O)(=O)Oc2cc(OCc3cccc(C)c3)c(C(=O)O)c(OS(=O)(=O)c3ccc(C)cc3)c2)cc1. The number of carboxylic acid groups (broad SMARTS) is 1. The summed E-state index contributed by atoms with van der Waals surface area (Å²) in [6, 6.07) is 20.8. The molecule has 40 heavy (non-hydrogen) atoms. The molecule has 0 heterocycles. The first-order chi connectivity index (χ1) is 18.8. The Labute approximate surface area is 232 Å². The molecule has 9 nitrogen and oxygen atoms in total. The van der Waals surface area contributed by atoms with Crippen LogP contribution in [-0.2, 0) is 26.8 Å². The summed E-state index contributed by atoms with van der Waals surface area (Å²) in [6.07, 6.45) is 0. The van der Waals surface area contributed by atoms with E-state index in [1.165, 1.54) is 24.3 Å². The van der Waals surface area contributed by atoms with E-state index in [0.717, 1.165) is 28.8 Å². The molecule has 0 aliphatic heterocycles. The van der Waals surface area contributed by atoms with Crippen molar-refractivity contribution in [2.24, 2.45) is 0 Å². The second-order valence-electron chi connectivity index (χ2n) is 9.08. The molecule has 0 aliphatic carbocycles. The Bertz CT molecular complexity index is 1760. The Hall–Kier alpha value is -4.35. The molecule has 0 bridgehead atoms. The third kappa shape index (κ3) is 6.80. The molecule has 0 radical (unpaired) electrons. The second kappa shape index (κ2) is 11.4. The Balaban J connectivity index is 1.80. The Kier molecular flexibility index (Phi) is 8.17. The van der Waals surface area contributed by atoms with Crippen LogP contribution in [0.1, 0.15) is 32.6 Å². The number of rotatable bonds is 10. The van der Waals surface area contributed by atoms with Crippen LogP contribution in [0.15, 0.2) is 94.7 Å². The first-order valence-corrected chi connectivity index (χ1v) is 14.8. The van der Waals surface area contributed by atoms with Gasteiger partial charge in [-0.3, -0.25) is 0 Å². The molecule has 0 aromatic heterocycles. The summed E-state index contributed by atoms with van der Waals surface area (Å²) in [5.74, 6) is -2.98. The fraction of sp³-hybridized carbons (Fsp3) is 0.138. The maximum Gasteiger partial charge on any atom is 0.343 e. The van der Waals surface area contributed by atoms with Crippen molar-refractivity contribution < 1.29 is 39.8 Å². The lowest BCUT2D eigenvalue weighted by molar-refractivity contribution is 0.0689. The molecule has 0 atom stereocenters. The third-order valence-electron chi connectivity index (χ3n) is 5.75. The minimum absolute atomic E-state index is 0.0969. The summed E-state index contributed by atoms with van der Waals surface area (Å²) in [5, 5.41) is 10.0. The second-order valence-corrected chi connectivity index (χ2v) is 12.2. The molecule has 0 aliphatic rings. The average Bonchev–Trinajstić information content (AvgIpc) is 2.87. The van der Waals surface area contributed by atoms with Gasteiger partial charge in [0.25, 0.3) is 0 Å². The van der Waals surface area contributed by atoms with Crippen LogP contribution in [0, 0.1) is 20.8 Å². The van der Waals surface area contributed by atoms with Crippen molar-refractivity contribution in [3.63, 3.8) is 0 Å². The zero-order chi connectivity index (χ0) is 29.1. The van der Waals surface area contributed by atoms with Gasteiger partial charge in [-0.2, -0.15) is 16.8 Å². The van der Waals surface area contributed by atoms with Crippen LogP contribution in [0.4, 0.5) is 0 Å². The van der Waals surface area contributed by atoms with Gasteiger partial charge >= 0.3 is 26.2 Å². The maximum atomic E-state index is 13.1. The highest BCUT2D eigenvalue weighted by atomic mass is 32.2. The number of carbonyl (C=O) groups is 1. The van der Waals surface area contributed by atoms with Crippen LogP contribution in [-0.4, -0.2) is 27.9 Å². The third-order valence-corrected chi connectivity index (χ3v) is 8.26. The summed E-state index contributed by atoms with van der Waals surface area (Å²) < 4.78 is 68.3. The number of aromatic carboxylic acids is 1. The predicted molar refractivity (Wildman–Crippen MR) is 147 cm³/mol. The van der Waals surface area contributed by atoms with Gasteiger partial charge in [0.2, 0.25) is 0 Å². The van der Waals surface area contributed by atoms with Crippen LogP contribution < -0.4 is 13.1 Å². The lowest BCUT2D eigenvalue weighted by Gasteiger charge is -2.16. The molecule has 1 N–H and O–H groups in total. The van der Waals surface area contributed by atoms with Gasteiger partial charge in [-0.1, -0.05) is 65.2 Å². The van der Waals surface area contributed by atoms with E-state index in [0.29, 0.717) is 5.56 Å². The standard InChI is InChI=1S/C29H26O9S2/c1-19-7-11-24(12-8-19)39(32,33)37-23-16-26(36-18-22-6-4-5-21(3)15-22)28(29(30)31)27(17-23)38-40(34,35)25-13-9-20(2)10-14-25/h4-17H,18H2,1-3H3,(H,30,31). The summed E-state index contributed by atoms with van der Waals surface area (Å²) in [4.78, 5) is 11.9. The number of ether oxygens (including phenoxy) is 1. The van der Waals surface area contributed by atoms with Crippen LogP contribution >= 0.6 is 0 Å². The lowest BCUT2D eigenvalue weighted by Crippen LogP contribution is -2.15. The van der Waals surface area contributed by atoms with Crippen molar-refractivity contribution in [2.45, 2.75) is 37.2 Å². The largest absolute Gasteiger partial charge is 0.488 e. The molecule has 4 aromatic carbocycles. The van der Waals surface area contributed by atoms with Gasteiger partial charge in [0.05, 0.1) is 0 Å². The van der Waals surface area contributed by atoms with E-state index in [1.807, 2.05) is 19.1 Å². The molecule has 0 amide bonds. The highest BCUT2D eigenvalue weighted by Crippen LogP contribution is 2.37. The normalized spacial score (nSPS) is 11.6. The molecule has 0 saturated heterocycles. The van der Waals surface area contributed by atoms with Crippen LogP contribution in [0.3, 0.4) is 0 Å². The Morgan fingerprint density at radius 1 is 0.675 bits per heavy atom. The van der Waals surface area contributed by atoms with E-state index in [-0.39, 0.29) is 22.1 Å². The summed E-state index contributed by atoms with van der Waals surface area (Å²) in [7, 11) is -8.89. The minimum Gasteiger partial charge on any atom is -0.488 e. The van der Waals surface area contributed by atoms with E-state index in [4.69, 9.17) is 13.1 Å². The predicted octanol–water partition coefficient (Wildman–Crippen LogP) is 5.42. The fourth-order valence-corrected chi connectivity index (χ4v) is 5.57. The zero-order valence-corrected chi connectivity index (χ0v) is 23.5. The monoisotopic (exact) mass is 582 g/mol. The quantitative estimate of drug-likeness (QED) is 0.243. The van der Waals surface area contributed by atoms with E-state index in [2.05, 4.69) is 0 Å². The van der Waals surface area contributed by atoms with E-state index >= 15 is 0 Å². The van der Waals surface area contributed by atoms with Crippen LogP contribution in [0.25, 0.3) is 0 Å². The van der Waals surface area contributed by atoms with Crippen molar-refractivity contribution in [1.82, 2.24) is 0 Å². The summed E-state index contributed by atoms with van der Waals surface area (Å²) >= 11 is 0. The highest BCUT2D eigenvalue weighted by Gasteiger charge is 2.28. The molecule has 11 heteroatoms. The Morgan fingerprint density at radius 2 is 1.20 bits per heavy atom. The molecule has 0 fully saturated rings. The average molecular weight is 583 g/mol. The van der Waals surface area contributed by atoms with Crippen LogP contribution in [0.2, 0.25) is 0 Å². The van der Waals surface area contributed by atoms with E-state index in [9.17, 15) is 26.7 Å². The van der Waals surface area contributed by atoms with Crippen LogP contribution in [0.5, 0.6) is 17.2 Å². The molecule has 0 spiro atoms. The van der Waals surface area contributed by atoms with Gasteiger partial charge in [-0.25, -0.2) is 4.79 Å². The first-order valence-electron chi connectivity index (χ1n) is 12.0. The summed E-state index contributed by atoms with van der Waals surface area (Å²) in [5.41, 5.74) is 2.64.